The van der Waals surface area contributed by atoms with Gasteiger partial charge in [0.25, 0.3) is 0 Å². The Balaban J connectivity index is 2.42. The summed E-state index contributed by atoms with van der Waals surface area (Å²) in [6.45, 7) is 5.38. The molecular weight excluding hydrogens is 267 g/mol. The largest absolute Gasteiger partial charge is 0.411 e. The zero-order valence-electron chi connectivity index (χ0n) is 12.5. The molecule has 0 spiro atoms. The molecule has 2 nitrogen and oxygen atoms in total. The maximum atomic E-state index is 12.0. The number of hydrogen-bond acceptors (Lipinski definition) is 2. The fraction of sp³-hybridized carbons (Fsp3) is 0.933. The highest BCUT2D eigenvalue weighted by Crippen LogP contribution is 2.46. The van der Waals surface area contributed by atoms with Gasteiger partial charge in [0.15, 0.2) is 0 Å². The topological polar surface area (TPSA) is 33.0 Å². The van der Waals surface area contributed by atoms with Crippen molar-refractivity contribution in [3.8, 4) is 6.07 Å². The van der Waals surface area contributed by atoms with Crippen molar-refractivity contribution in [3.63, 3.8) is 0 Å². The molecule has 116 valence electrons. The van der Waals surface area contributed by atoms with Crippen LogP contribution in [0, 0.1) is 28.1 Å². The van der Waals surface area contributed by atoms with Gasteiger partial charge in [-0.2, -0.15) is 18.4 Å². The van der Waals surface area contributed by atoms with Crippen LogP contribution in [0.4, 0.5) is 13.2 Å². The zero-order valence-corrected chi connectivity index (χ0v) is 12.5. The number of rotatable bonds is 4. The second-order valence-electron chi connectivity index (χ2n) is 6.95. The van der Waals surface area contributed by atoms with Crippen molar-refractivity contribution in [2.45, 2.75) is 59.1 Å². The Morgan fingerprint density at radius 3 is 2.15 bits per heavy atom. The highest BCUT2D eigenvalue weighted by atomic mass is 19.4. The summed E-state index contributed by atoms with van der Waals surface area (Å²) in [4.78, 5) is 0. The molecule has 5 heteroatoms. The van der Waals surface area contributed by atoms with Crippen LogP contribution in [0.15, 0.2) is 0 Å². The molecule has 0 aliphatic heterocycles. The molecule has 1 rings (SSSR count). The van der Waals surface area contributed by atoms with Crippen LogP contribution in [-0.2, 0) is 4.74 Å². The van der Waals surface area contributed by atoms with Crippen LogP contribution in [0.2, 0.25) is 0 Å². The molecule has 0 heterocycles. The average molecular weight is 291 g/mol. The zero-order chi connectivity index (χ0) is 15.4. The van der Waals surface area contributed by atoms with Crippen molar-refractivity contribution >= 4 is 0 Å². The average Bonchev–Trinajstić information content (AvgIpc) is 2.33. The summed E-state index contributed by atoms with van der Waals surface area (Å²) in [6, 6.07) is 2.33. The fourth-order valence-corrected chi connectivity index (χ4v) is 2.91. The van der Waals surface area contributed by atoms with Crippen LogP contribution in [0.1, 0.15) is 52.9 Å². The molecule has 1 saturated carbocycles. The lowest BCUT2D eigenvalue weighted by molar-refractivity contribution is -0.175. The minimum atomic E-state index is -4.29. The Kier molecular flexibility index (Phi) is 5.48. The van der Waals surface area contributed by atoms with E-state index in [1.165, 1.54) is 0 Å². The minimum absolute atomic E-state index is 0.00720. The van der Waals surface area contributed by atoms with E-state index in [0.29, 0.717) is 12.3 Å². The molecule has 1 aliphatic carbocycles. The second kappa shape index (κ2) is 6.34. The van der Waals surface area contributed by atoms with E-state index in [4.69, 9.17) is 0 Å². The molecule has 0 saturated heterocycles. The summed E-state index contributed by atoms with van der Waals surface area (Å²) in [7, 11) is 0. The first kappa shape index (κ1) is 17.3. The van der Waals surface area contributed by atoms with E-state index < -0.39 is 18.2 Å². The molecule has 0 atom stereocenters. The van der Waals surface area contributed by atoms with Crippen LogP contribution >= 0.6 is 0 Å². The van der Waals surface area contributed by atoms with Crippen molar-refractivity contribution in [2.75, 3.05) is 13.2 Å². The van der Waals surface area contributed by atoms with E-state index in [1.807, 2.05) is 0 Å². The van der Waals surface area contributed by atoms with Crippen molar-refractivity contribution in [2.24, 2.45) is 16.7 Å². The molecule has 0 radical (unpaired) electrons. The normalized spacial score (nSPS) is 28.1. The van der Waals surface area contributed by atoms with Gasteiger partial charge in [-0.15, -0.1) is 0 Å². The third-order valence-corrected chi connectivity index (χ3v) is 4.40. The Labute approximate surface area is 119 Å². The summed E-state index contributed by atoms with van der Waals surface area (Å²) in [5, 5.41) is 9.36. The van der Waals surface area contributed by atoms with Crippen molar-refractivity contribution < 1.29 is 17.9 Å². The SMILES string of the molecule is CC(C)(C)C1CCC(C#N)(CCOCC(F)(F)F)CC1. The Morgan fingerprint density at radius 2 is 1.75 bits per heavy atom. The first-order valence-corrected chi connectivity index (χ1v) is 7.14. The van der Waals surface area contributed by atoms with Crippen LogP contribution in [0.25, 0.3) is 0 Å². The van der Waals surface area contributed by atoms with E-state index in [2.05, 4.69) is 31.6 Å². The summed E-state index contributed by atoms with van der Waals surface area (Å²) >= 11 is 0. The number of hydrogen-bond donors (Lipinski definition) is 0. The molecule has 0 amide bonds. The van der Waals surface area contributed by atoms with E-state index in [9.17, 15) is 18.4 Å². The van der Waals surface area contributed by atoms with Crippen molar-refractivity contribution in [1.29, 1.82) is 5.26 Å². The van der Waals surface area contributed by atoms with Gasteiger partial charge in [-0.25, -0.2) is 0 Å². The standard InChI is InChI=1S/C15H24F3NO/c1-13(2,3)12-4-6-14(10-19,7-5-12)8-9-20-11-15(16,17)18/h12H,4-9,11H2,1-3H3. The first-order valence-electron chi connectivity index (χ1n) is 7.14. The molecule has 0 aromatic carbocycles. The minimum Gasteiger partial charge on any atom is -0.372 e. The summed E-state index contributed by atoms with van der Waals surface area (Å²) in [5.41, 5.74) is -0.262. The molecule has 0 aromatic heterocycles. The summed E-state index contributed by atoms with van der Waals surface area (Å²) in [6.07, 6.45) is -0.422. The quantitative estimate of drug-likeness (QED) is 0.703. The smallest absolute Gasteiger partial charge is 0.372 e. The molecule has 0 aromatic rings. The van der Waals surface area contributed by atoms with Gasteiger partial charge in [-0.05, 0) is 43.4 Å². The molecule has 0 unspecified atom stereocenters. The predicted octanol–water partition coefficient (Wildman–Crippen LogP) is 4.70. The molecule has 1 fully saturated rings. The van der Waals surface area contributed by atoms with Gasteiger partial charge in [0.1, 0.15) is 6.61 Å². The first-order chi connectivity index (χ1) is 9.08. The summed E-state index contributed by atoms with van der Waals surface area (Å²) < 4.78 is 40.6. The monoisotopic (exact) mass is 291 g/mol. The number of halogens is 3. The number of ether oxygens (including phenoxy) is 1. The van der Waals surface area contributed by atoms with E-state index in [-0.39, 0.29) is 12.0 Å². The maximum Gasteiger partial charge on any atom is 0.411 e. The van der Waals surface area contributed by atoms with Crippen LogP contribution < -0.4 is 0 Å². The van der Waals surface area contributed by atoms with E-state index in [1.54, 1.807) is 0 Å². The number of nitriles is 1. The highest BCUT2D eigenvalue weighted by Gasteiger charge is 2.39. The predicted molar refractivity (Wildman–Crippen MR) is 71.0 cm³/mol. The van der Waals surface area contributed by atoms with Crippen molar-refractivity contribution in [3.05, 3.63) is 0 Å². The third-order valence-electron chi connectivity index (χ3n) is 4.40. The number of alkyl halides is 3. The van der Waals surface area contributed by atoms with E-state index >= 15 is 0 Å². The highest BCUT2D eigenvalue weighted by molar-refractivity contribution is 5.02. The van der Waals surface area contributed by atoms with Crippen LogP contribution in [0.5, 0.6) is 0 Å². The van der Waals surface area contributed by atoms with Crippen molar-refractivity contribution in [1.82, 2.24) is 0 Å². The van der Waals surface area contributed by atoms with Gasteiger partial charge < -0.3 is 4.74 Å². The maximum absolute atomic E-state index is 12.0. The van der Waals surface area contributed by atoms with E-state index in [0.717, 1.165) is 25.7 Å². The Bertz CT molecular complexity index is 344. The Morgan fingerprint density at radius 1 is 1.20 bits per heavy atom. The lowest BCUT2D eigenvalue weighted by Gasteiger charge is -2.40. The lowest BCUT2D eigenvalue weighted by Crippen LogP contribution is -2.33. The third kappa shape index (κ3) is 5.32. The van der Waals surface area contributed by atoms with Gasteiger partial charge in [-0.3, -0.25) is 0 Å². The second-order valence-corrected chi connectivity index (χ2v) is 6.95. The van der Waals surface area contributed by atoms with Gasteiger partial charge in [-0.1, -0.05) is 20.8 Å². The number of nitrogens with zero attached hydrogens (tertiary/aromatic N) is 1. The molecule has 20 heavy (non-hydrogen) atoms. The fourth-order valence-electron chi connectivity index (χ4n) is 2.91. The molecule has 1 aliphatic rings. The van der Waals surface area contributed by atoms with Gasteiger partial charge in [0, 0.05) is 6.61 Å². The molecule has 0 bridgehead atoms. The summed E-state index contributed by atoms with van der Waals surface area (Å²) in [5.74, 6) is 0.583. The van der Waals surface area contributed by atoms with Gasteiger partial charge in [0.05, 0.1) is 11.5 Å². The Hall–Kier alpha value is -0.760. The van der Waals surface area contributed by atoms with Crippen LogP contribution in [0.3, 0.4) is 0 Å². The molecular formula is C15H24F3NO. The lowest BCUT2D eigenvalue weighted by atomic mass is 9.63. The van der Waals surface area contributed by atoms with Gasteiger partial charge in [0.2, 0.25) is 0 Å². The van der Waals surface area contributed by atoms with Crippen LogP contribution in [-0.4, -0.2) is 19.4 Å². The van der Waals surface area contributed by atoms with Gasteiger partial charge >= 0.3 is 6.18 Å². The molecule has 0 N–H and O–H groups in total.